The Balaban J connectivity index is 3.02. The SMILES string of the molecule is COC(=O)C(C)(CCC(C)CO)c1cccc(C)c1. The fraction of sp³-hybridized carbons (Fsp3) is 0.562. The number of esters is 1. The number of carbonyl (C=O) groups is 1. The molecule has 0 amide bonds. The fourth-order valence-corrected chi connectivity index (χ4v) is 2.20. The first-order valence-corrected chi connectivity index (χ1v) is 6.70. The van der Waals surface area contributed by atoms with Gasteiger partial charge in [-0.2, -0.15) is 0 Å². The van der Waals surface area contributed by atoms with E-state index in [4.69, 9.17) is 9.84 Å². The van der Waals surface area contributed by atoms with E-state index in [0.717, 1.165) is 17.5 Å². The molecular formula is C16H24O3. The maximum atomic E-state index is 12.2. The van der Waals surface area contributed by atoms with E-state index in [1.54, 1.807) is 0 Å². The Kier molecular flexibility index (Phi) is 5.55. The van der Waals surface area contributed by atoms with Crippen LogP contribution in [0.15, 0.2) is 24.3 Å². The van der Waals surface area contributed by atoms with Gasteiger partial charge in [0.25, 0.3) is 0 Å². The molecule has 1 aromatic carbocycles. The van der Waals surface area contributed by atoms with Gasteiger partial charge in [-0.1, -0.05) is 36.8 Å². The van der Waals surface area contributed by atoms with Crippen LogP contribution in [0.3, 0.4) is 0 Å². The lowest BCUT2D eigenvalue weighted by Gasteiger charge is -2.28. The molecule has 0 aliphatic heterocycles. The van der Waals surface area contributed by atoms with E-state index in [-0.39, 0.29) is 18.5 Å². The lowest BCUT2D eigenvalue weighted by molar-refractivity contribution is -0.147. The molecule has 2 unspecified atom stereocenters. The standard InChI is InChI=1S/C16H24O3/c1-12-6-5-7-14(10-12)16(3,15(18)19-4)9-8-13(2)11-17/h5-7,10,13,17H,8-9,11H2,1-4H3. The third kappa shape index (κ3) is 3.80. The summed E-state index contributed by atoms with van der Waals surface area (Å²) in [6.07, 6.45) is 1.46. The Morgan fingerprint density at radius 2 is 2.16 bits per heavy atom. The monoisotopic (exact) mass is 264 g/mol. The van der Waals surface area contributed by atoms with E-state index in [1.165, 1.54) is 7.11 Å². The summed E-state index contributed by atoms with van der Waals surface area (Å²) in [5, 5.41) is 9.13. The number of ether oxygens (including phenoxy) is 1. The Morgan fingerprint density at radius 1 is 1.47 bits per heavy atom. The third-order valence-electron chi connectivity index (χ3n) is 3.74. The van der Waals surface area contributed by atoms with E-state index >= 15 is 0 Å². The summed E-state index contributed by atoms with van der Waals surface area (Å²) in [6.45, 7) is 6.05. The topological polar surface area (TPSA) is 46.5 Å². The van der Waals surface area contributed by atoms with Gasteiger partial charge < -0.3 is 9.84 Å². The van der Waals surface area contributed by atoms with Crippen LogP contribution in [-0.2, 0) is 14.9 Å². The molecule has 1 N–H and O–H groups in total. The maximum Gasteiger partial charge on any atom is 0.315 e. The quantitative estimate of drug-likeness (QED) is 0.804. The summed E-state index contributed by atoms with van der Waals surface area (Å²) in [5.41, 5.74) is 1.46. The molecule has 1 aromatic rings. The van der Waals surface area contributed by atoms with Crippen molar-refractivity contribution in [3.63, 3.8) is 0 Å². The summed E-state index contributed by atoms with van der Waals surface area (Å²) >= 11 is 0. The van der Waals surface area contributed by atoms with Gasteiger partial charge in [-0.15, -0.1) is 0 Å². The van der Waals surface area contributed by atoms with Gasteiger partial charge in [-0.3, -0.25) is 4.79 Å². The highest BCUT2D eigenvalue weighted by molar-refractivity contribution is 5.82. The molecule has 3 heteroatoms. The Morgan fingerprint density at radius 3 is 2.68 bits per heavy atom. The van der Waals surface area contributed by atoms with E-state index in [0.29, 0.717) is 6.42 Å². The van der Waals surface area contributed by atoms with Crippen molar-refractivity contribution >= 4 is 5.97 Å². The average Bonchev–Trinajstić information content (AvgIpc) is 2.43. The lowest BCUT2D eigenvalue weighted by atomic mass is 9.76. The zero-order valence-corrected chi connectivity index (χ0v) is 12.3. The van der Waals surface area contributed by atoms with E-state index in [9.17, 15) is 4.79 Å². The molecule has 0 aliphatic rings. The number of carbonyl (C=O) groups excluding carboxylic acids is 1. The molecule has 0 fully saturated rings. The van der Waals surface area contributed by atoms with E-state index in [1.807, 2.05) is 45.0 Å². The molecule has 0 bridgehead atoms. The molecule has 0 aliphatic carbocycles. The lowest BCUT2D eigenvalue weighted by Crippen LogP contribution is -2.34. The Labute approximate surface area is 115 Å². The normalized spacial score (nSPS) is 15.6. The number of rotatable bonds is 6. The van der Waals surface area contributed by atoms with Crippen molar-refractivity contribution in [2.75, 3.05) is 13.7 Å². The van der Waals surface area contributed by atoms with Gasteiger partial charge in [0.2, 0.25) is 0 Å². The zero-order valence-electron chi connectivity index (χ0n) is 12.3. The number of benzene rings is 1. The first-order chi connectivity index (χ1) is 8.93. The highest BCUT2D eigenvalue weighted by Gasteiger charge is 2.36. The predicted octanol–water partition coefficient (Wildman–Crippen LogP) is 2.83. The van der Waals surface area contributed by atoms with Crippen LogP contribution in [0.4, 0.5) is 0 Å². The van der Waals surface area contributed by atoms with Crippen molar-refractivity contribution in [2.45, 2.75) is 39.0 Å². The largest absolute Gasteiger partial charge is 0.468 e. The molecule has 2 atom stereocenters. The van der Waals surface area contributed by atoms with Gasteiger partial charge >= 0.3 is 5.97 Å². The Bertz CT molecular complexity index is 428. The third-order valence-corrected chi connectivity index (χ3v) is 3.74. The molecule has 0 spiro atoms. The zero-order chi connectivity index (χ0) is 14.5. The molecule has 0 saturated heterocycles. The second kappa shape index (κ2) is 6.71. The van der Waals surface area contributed by atoms with Crippen LogP contribution >= 0.6 is 0 Å². The van der Waals surface area contributed by atoms with E-state index < -0.39 is 5.41 Å². The van der Waals surface area contributed by atoms with Crippen LogP contribution in [-0.4, -0.2) is 24.8 Å². The molecule has 0 saturated carbocycles. The highest BCUT2D eigenvalue weighted by Crippen LogP contribution is 2.32. The van der Waals surface area contributed by atoms with Crippen molar-refractivity contribution in [1.82, 2.24) is 0 Å². The Hall–Kier alpha value is -1.35. The minimum Gasteiger partial charge on any atom is -0.468 e. The van der Waals surface area contributed by atoms with Crippen LogP contribution < -0.4 is 0 Å². The number of methoxy groups -OCH3 is 1. The number of hydrogen-bond acceptors (Lipinski definition) is 3. The highest BCUT2D eigenvalue weighted by atomic mass is 16.5. The molecule has 0 aromatic heterocycles. The number of aryl methyl sites for hydroxylation is 1. The molecule has 0 radical (unpaired) electrons. The minimum absolute atomic E-state index is 0.144. The van der Waals surface area contributed by atoms with Crippen molar-refractivity contribution < 1.29 is 14.6 Å². The molecule has 19 heavy (non-hydrogen) atoms. The molecular weight excluding hydrogens is 240 g/mol. The molecule has 0 heterocycles. The molecule has 3 nitrogen and oxygen atoms in total. The van der Waals surface area contributed by atoms with Gasteiger partial charge in [0.05, 0.1) is 12.5 Å². The van der Waals surface area contributed by atoms with Crippen LogP contribution in [0.25, 0.3) is 0 Å². The predicted molar refractivity (Wildman–Crippen MR) is 76.0 cm³/mol. The second-order valence-corrected chi connectivity index (χ2v) is 5.52. The van der Waals surface area contributed by atoms with Crippen molar-refractivity contribution in [3.05, 3.63) is 35.4 Å². The molecule has 1 rings (SSSR count). The summed E-state index contributed by atoms with van der Waals surface area (Å²) in [4.78, 5) is 12.2. The number of hydrogen-bond donors (Lipinski definition) is 1. The van der Waals surface area contributed by atoms with Crippen molar-refractivity contribution in [2.24, 2.45) is 5.92 Å². The van der Waals surface area contributed by atoms with Gasteiger partial charge in [0.15, 0.2) is 0 Å². The van der Waals surface area contributed by atoms with Gasteiger partial charge in [0.1, 0.15) is 0 Å². The van der Waals surface area contributed by atoms with Crippen LogP contribution in [0.1, 0.15) is 37.8 Å². The van der Waals surface area contributed by atoms with Gasteiger partial charge in [-0.25, -0.2) is 0 Å². The first-order valence-electron chi connectivity index (χ1n) is 6.70. The summed E-state index contributed by atoms with van der Waals surface area (Å²) in [6, 6.07) is 7.97. The van der Waals surface area contributed by atoms with Gasteiger partial charge in [-0.05, 0) is 38.2 Å². The van der Waals surface area contributed by atoms with E-state index in [2.05, 4.69) is 0 Å². The van der Waals surface area contributed by atoms with Crippen LogP contribution in [0, 0.1) is 12.8 Å². The molecule has 106 valence electrons. The number of aliphatic hydroxyl groups excluding tert-OH is 1. The first kappa shape index (κ1) is 15.7. The average molecular weight is 264 g/mol. The number of aliphatic hydroxyl groups is 1. The second-order valence-electron chi connectivity index (χ2n) is 5.52. The summed E-state index contributed by atoms with van der Waals surface area (Å²) in [5.74, 6) is -0.0305. The van der Waals surface area contributed by atoms with Crippen LogP contribution in [0.2, 0.25) is 0 Å². The minimum atomic E-state index is -0.649. The smallest absolute Gasteiger partial charge is 0.315 e. The fourth-order valence-electron chi connectivity index (χ4n) is 2.20. The van der Waals surface area contributed by atoms with Crippen molar-refractivity contribution in [1.29, 1.82) is 0 Å². The summed E-state index contributed by atoms with van der Waals surface area (Å²) < 4.78 is 4.97. The maximum absolute atomic E-state index is 12.2. The van der Waals surface area contributed by atoms with Crippen LogP contribution in [0.5, 0.6) is 0 Å². The summed E-state index contributed by atoms with van der Waals surface area (Å²) in [7, 11) is 1.42. The van der Waals surface area contributed by atoms with Gasteiger partial charge in [0, 0.05) is 6.61 Å². The van der Waals surface area contributed by atoms with Crippen molar-refractivity contribution in [3.8, 4) is 0 Å².